The lowest BCUT2D eigenvalue weighted by molar-refractivity contribution is 0.251. The van der Waals surface area contributed by atoms with Crippen LogP contribution in [-0.2, 0) is 16.6 Å². The smallest absolute Gasteiger partial charge is 0.319 e. The number of urea groups is 1. The molecule has 1 aromatic heterocycles. The van der Waals surface area contributed by atoms with Gasteiger partial charge in [0.2, 0.25) is 10.0 Å². The summed E-state index contributed by atoms with van der Waals surface area (Å²) in [5, 5.41) is 5.87. The molecule has 3 rings (SSSR count). The number of anilines is 1. The maximum absolute atomic E-state index is 12.6. The van der Waals surface area contributed by atoms with Crippen LogP contribution in [0.15, 0.2) is 47.6 Å². The molecule has 0 unspecified atom stereocenters. The van der Waals surface area contributed by atoms with E-state index in [-0.39, 0.29) is 11.4 Å². The third-order valence-corrected chi connectivity index (χ3v) is 6.40. The van der Waals surface area contributed by atoms with Crippen LogP contribution in [0.3, 0.4) is 0 Å². The van der Waals surface area contributed by atoms with Crippen molar-refractivity contribution in [1.29, 1.82) is 0 Å². The molecule has 27 heavy (non-hydrogen) atoms. The molecular weight excluding hydrogens is 388 g/mol. The Bertz CT molecular complexity index is 897. The zero-order valence-corrected chi connectivity index (χ0v) is 16.3. The molecule has 2 amide bonds. The van der Waals surface area contributed by atoms with E-state index in [1.807, 2.05) is 0 Å². The summed E-state index contributed by atoms with van der Waals surface area (Å²) in [6, 6.07) is 7.51. The van der Waals surface area contributed by atoms with Crippen molar-refractivity contribution in [2.75, 3.05) is 18.4 Å². The molecule has 0 bridgehead atoms. The van der Waals surface area contributed by atoms with Crippen LogP contribution in [0.2, 0.25) is 5.02 Å². The molecule has 2 heterocycles. The maximum Gasteiger partial charge on any atom is 0.319 e. The Kier molecular flexibility index (Phi) is 6.30. The standard InChI is InChI=1S/C18H21ClN4O3S/c19-15-10-14(11-20-13-15)12-21-18(24)22-16-4-6-17(7-5-16)27(25,26)23-8-2-1-3-9-23/h4-7,10-11,13H,1-3,8-9,12H2,(H2,21,22,24). The minimum atomic E-state index is -3.47. The second-order valence-electron chi connectivity index (χ2n) is 6.31. The van der Waals surface area contributed by atoms with Crippen molar-refractivity contribution >= 4 is 33.3 Å². The number of rotatable bonds is 5. The summed E-state index contributed by atoms with van der Waals surface area (Å²) in [7, 11) is -3.47. The van der Waals surface area contributed by atoms with Gasteiger partial charge >= 0.3 is 6.03 Å². The van der Waals surface area contributed by atoms with Gasteiger partial charge < -0.3 is 10.6 Å². The first-order chi connectivity index (χ1) is 12.9. The van der Waals surface area contributed by atoms with Crippen LogP contribution < -0.4 is 10.6 Å². The van der Waals surface area contributed by atoms with Gasteiger partial charge in [0.25, 0.3) is 0 Å². The Morgan fingerprint density at radius 1 is 1.11 bits per heavy atom. The van der Waals surface area contributed by atoms with Crippen LogP contribution in [0, 0.1) is 0 Å². The molecule has 7 nitrogen and oxygen atoms in total. The van der Waals surface area contributed by atoms with Crippen LogP contribution in [-0.4, -0.2) is 36.8 Å². The summed E-state index contributed by atoms with van der Waals surface area (Å²) < 4.78 is 26.8. The Hall–Kier alpha value is -2.16. The fourth-order valence-corrected chi connectivity index (χ4v) is 4.59. The summed E-state index contributed by atoms with van der Waals surface area (Å²) in [5.74, 6) is 0. The molecule has 9 heteroatoms. The fourth-order valence-electron chi connectivity index (χ4n) is 2.87. The van der Waals surface area contributed by atoms with Crippen LogP contribution in [0.4, 0.5) is 10.5 Å². The molecule has 1 fully saturated rings. The molecule has 0 spiro atoms. The highest BCUT2D eigenvalue weighted by Crippen LogP contribution is 2.22. The molecule has 2 aromatic rings. The quantitative estimate of drug-likeness (QED) is 0.794. The molecule has 1 aliphatic heterocycles. The molecule has 2 N–H and O–H groups in total. The first kappa shape index (κ1) is 19.6. The second kappa shape index (κ2) is 8.69. The number of benzene rings is 1. The zero-order valence-electron chi connectivity index (χ0n) is 14.7. The Labute approximate surface area is 163 Å². The van der Waals surface area contributed by atoms with E-state index in [2.05, 4.69) is 15.6 Å². The number of nitrogens with one attached hydrogen (secondary N) is 2. The third kappa shape index (κ3) is 5.18. The first-order valence-corrected chi connectivity index (χ1v) is 10.5. The van der Waals surface area contributed by atoms with Gasteiger partial charge in [-0.2, -0.15) is 4.31 Å². The minimum Gasteiger partial charge on any atom is -0.334 e. The molecule has 144 valence electrons. The monoisotopic (exact) mass is 408 g/mol. The van der Waals surface area contributed by atoms with Gasteiger partial charge in [-0.1, -0.05) is 18.0 Å². The average Bonchev–Trinajstić information content (AvgIpc) is 2.68. The largest absolute Gasteiger partial charge is 0.334 e. The Balaban J connectivity index is 1.57. The SMILES string of the molecule is O=C(NCc1cncc(Cl)c1)Nc1ccc(S(=O)(=O)N2CCCCC2)cc1. The predicted molar refractivity (Wildman–Crippen MR) is 104 cm³/mol. The Morgan fingerprint density at radius 2 is 1.81 bits per heavy atom. The van der Waals surface area contributed by atoms with E-state index in [0.29, 0.717) is 23.8 Å². The molecule has 1 aromatic carbocycles. The van der Waals surface area contributed by atoms with Crippen LogP contribution in [0.1, 0.15) is 24.8 Å². The van der Waals surface area contributed by atoms with Crippen LogP contribution in [0.25, 0.3) is 0 Å². The van der Waals surface area contributed by atoms with E-state index in [1.165, 1.54) is 22.6 Å². The fraction of sp³-hybridized carbons (Fsp3) is 0.333. The Morgan fingerprint density at radius 3 is 2.48 bits per heavy atom. The van der Waals surface area contributed by atoms with Gasteiger partial charge in [0.05, 0.1) is 9.92 Å². The molecule has 0 aliphatic carbocycles. The maximum atomic E-state index is 12.6. The lowest BCUT2D eigenvalue weighted by Crippen LogP contribution is -2.35. The molecule has 0 saturated carbocycles. The summed E-state index contributed by atoms with van der Waals surface area (Å²) in [5.41, 5.74) is 1.29. The highest BCUT2D eigenvalue weighted by Gasteiger charge is 2.25. The second-order valence-corrected chi connectivity index (χ2v) is 8.68. The van der Waals surface area contributed by atoms with E-state index < -0.39 is 16.1 Å². The summed E-state index contributed by atoms with van der Waals surface area (Å²) in [6.45, 7) is 1.40. The van der Waals surface area contributed by atoms with Crippen LogP contribution in [0.5, 0.6) is 0 Å². The van der Waals surface area contributed by atoms with E-state index in [1.54, 1.807) is 24.4 Å². The first-order valence-electron chi connectivity index (χ1n) is 8.70. The van der Waals surface area contributed by atoms with Crippen molar-refractivity contribution < 1.29 is 13.2 Å². The van der Waals surface area contributed by atoms with Crippen molar-refractivity contribution in [3.05, 3.63) is 53.3 Å². The summed E-state index contributed by atoms with van der Waals surface area (Å²) >= 11 is 5.85. The number of amides is 2. The van der Waals surface area contributed by atoms with Crippen molar-refractivity contribution in [3.8, 4) is 0 Å². The van der Waals surface area contributed by atoms with Gasteiger partial charge in [0.15, 0.2) is 0 Å². The average molecular weight is 409 g/mol. The van der Waals surface area contributed by atoms with E-state index in [0.717, 1.165) is 24.8 Å². The number of hydrogen-bond donors (Lipinski definition) is 2. The van der Waals surface area contributed by atoms with Gasteiger partial charge in [-0.3, -0.25) is 4.98 Å². The summed E-state index contributed by atoms with van der Waals surface area (Å²) in [6.07, 6.45) is 5.98. The van der Waals surface area contributed by atoms with Gasteiger partial charge in [0.1, 0.15) is 0 Å². The van der Waals surface area contributed by atoms with Crippen molar-refractivity contribution in [3.63, 3.8) is 0 Å². The minimum absolute atomic E-state index is 0.236. The van der Waals surface area contributed by atoms with Crippen molar-refractivity contribution in [2.45, 2.75) is 30.7 Å². The molecular formula is C18H21ClN4O3S. The normalized spacial score (nSPS) is 15.3. The predicted octanol–water partition coefficient (Wildman–Crippen LogP) is 3.23. The van der Waals surface area contributed by atoms with Gasteiger partial charge in [-0.25, -0.2) is 13.2 Å². The number of sulfonamides is 1. The molecule has 0 radical (unpaired) electrons. The van der Waals surface area contributed by atoms with Gasteiger partial charge in [-0.15, -0.1) is 0 Å². The number of halogens is 1. The van der Waals surface area contributed by atoms with Crippen LogP contribution >= 0.6 is 11.6 Å². The topological polar surface area (TPSA) is 91.4 Å². The number of nitrogens with zero attached hydrogens (tertiary/aromatic N) is 2. The molecule has 1 aliphatic rings. The highest BCUT2D eigenvalue weighted by atomic mass is 35.5. The molecule has 1 saturated heterocycles. The number of carbonyl (C=O) groups is 1. The van der Waals surface area contributed by atoms with E-state index in [4.69, 9.17) is 11.6 Å². The summed E-state index contributed by atoms with van der Waals surface area (Å²) in [4.78, 5) is 16.2. The molecule has 0 atom stereocenters. The zero-order chi connectivity index (χ0) is 19.3. The number of pyridine rings is 1. The third-order valence-electron chi connectivity index (χ3n) is 4.28. The highest BCUT2D eigenvalue weighted by molar-refractivity contribution is 7.89. The lowest BCUT2D eigenvalue weighted by atomic mass is 10.2. The van der Waals surface area contributed by atoms with Gasteiger partial charge in [0, 0.05) is 37.7 Å². The van der Waals surface area contributed by atoms with Crippen molar-refractivity contribution in [1.82, 2.24) is 14.6 Å². The number of piperidine rings is 1. The van der Waals surface area contributed by atoms with E-state index in [9.17, 15) is 13.2 Å². The number of hydrogen-bond acceptors (Lipinski definition) is 4. The number of aromatic nitrogens is 1. The van der Waals surface area contributed by atoms with E-state index >= 15 is 0 Å². The van der Waals surface area contributed by atoms with Crippen molar-refractivity contribution in [2.24, 2.45) is 0 Å². The van der Waals surface area contributed by atoms with Gasteiger partial charge in [-0.05, 0) is 48.7 Å². The lowest BCUT2D eigenvalue weighted by Gasteiger charge is -2.25. The number of carbonyl (C=O) groups excluding carboxylic acids is 1.